The molecule has 146 valence electrons. The molecular formula is C20H26ClN3O2S. The largest absolute Gasteiger partial charge is 0.381 e. The molecule has 3 aliphatic heterocycles. The van der Waals surface area contributed by atoms with E-state index in [0.29, 0.717) is 12.0 Å². The zero-order chi connectivity index (χ0) is 18.4. The average molecular weight is 408 g/mol. The van der Waals surface area contributed by atoms with Crippen molar-refractivity contribution in [2.75, 3.05) is 19.8 Å². The molecule has 3 aliphatic rings. The molecule has 0 bridgehead atoms. The Bertz CT molecular complexity index is 816. The molecule has 0 saturated carbocycles. The van der Waals surface area contributed by atoms with Crippen molar-refractivity contribution in [1.82, 2.24) is 15.5 Å². The highest BCUT2D eigenvalue weighted by atomic mass is 35.5. The van der Waals surface area contributed by atoms with E-state index in [1.807, 2.05) is 0 Å². The fourth-order valence-corrected chi connectivity index (χ4v) is 6.46. The van der Waals surface area contributed by atoms with Gasteiger partial charge in [0.2, 0.25) is 0 Å². The summed E-state index contributed by atoms with van der Waals surface area (Å²) in [5, 5.41) is 11.7. The Morgan fingerprint density at radius 2 is 2.07 bits per heavy atom. The van der Waals surface area contributed by atoms with Crippen molar-refractivity contribution in [1.29, 1.82) is 0 Å². The van der Waals surface area contributed by atoms with Crippen LogP contribution in [-0.2, 0) is 21.5 Å². The monoisotopic (exact) mass is 407 g/mol. The van der Waals surface area contributed by atoms with E-state index in [1.165, 1.54) is 16.1 Å². The van der Waals surface area contributed by atoms with Gasteiger partial charge in [0.1, 0.15) is 5.60 Å². The molecule has 5 nitrogen and oxygen atoms in total. The third-order valence-corrected chi connectivity index (χ3v) is 7.73. The van der Waals surface area contributed by atoms with Gasteiger partial charge in [0.25, 0.3) is 0 Å². The predicted octanol–water partition coefficient (Wildman–Crippen LogP) is 4.30. The van der Waals surface area contributed by atoms with Gasteiger partial charge in [-0.05, 0) is 50.3 Å². The van der Waals surface area contributed by atoms with E-state index in [4.69, 9.17) is 21.1 Å². The maximum Gasteiger partial charge on any atom is 0.106 e. The number of halogens is 1. The summed E-state index contributed by atoms with van der Waals surface area (Å²) < 4.78 is 12.8. The van der Waals surface area contributed by atoms with Gasteiger partial charge in [-0.3, -0.25) is 5.10 Å². The minimum absolute atomic E-state index is 0.186. The van der Waals surface area contributed by atoms with Crippen LogP contribution in [-0.4, -0.2) is 36.1 Å². The number of ether oxygens (including phenoxy) is 2. The molecule has 3 atom stereocenters. The first kappa shape index (κ1) is 18.1. The molecule has 0 amide bonds. The number of hydrogen-bond donors (Lipinski definition) is 2. The molecule has 5 heterocycles. The Morgan fingerprint density at radius 1 is 1.22 bits per heavy atom. The first-order chi connectivity index (χ1) is 13.1. The number of rotatable bonds is 2. The lowest BCUT2D eigenvalue weighted by atomic mass is 9.79. The number of fused-ring (bicyclic) bond motifs is 2. The highest BCUT2D eigenvalue weighted by molar-refractivity contribution is 7.16. The summed E-state index contributed by atoms with van der Waals surface area (Å²) in [5.41, 5.74) is 3.47. The number of H-pyrrole nitrogens is 1. The summed E-state index contributed by atoms with van der Waals surface area (Å²) >= 11 is 8.05. The molecule has 2 aromatic rings. The quantitative estimate of drug-likeness (QED) is 0.779. The summed E-state index contributed by atoms with van der Waals surface area (Å²) in [4.78, 5) is 1.33. The lowest BCUT2D eigenvalue weighted by Crippen LogP contribution is -2.49. The predicted molar refractivity (Wildman–Crippen MR) is 107 cm³/mol. The summed E-state index contributed by atoms with van der Waals surface area (Å²) in [6.07, 6.45) is 4.98. The van der Waals surface area contributed by atoms with Crippen LogP contribution in [0.25, 0.3) is 0 Å². The van der Waals surface area contributed by atoms with Crippen LogP contribution in [0.5, 0.6) is 0 Å². The summed E-state index contributed by atoms with van der Waals surface area (Å²) in [6.45, 7) is 4.70. The van der Waals surface area contributed by atoms with Crippen LogP contribution in [0.3, 0.4) is 0 Å². The van der Waals surface area contributed by atoms with E-state index in [1.54, 1.807) is 11.3 Å². The molecule has 27 heavy (non-hydrogen) atoms. The second-order valence-corrected chi connectivity index (χ2v) is 9.84. The maximum absolute atomic E-state index is 6.45. The fourth-order valence-electron chi connectivity index (χ4n) is 5.00. The van der Waals surface area contributed by atoms with Gasteiger partial charge in [-0.25, -0.2) is 0 Å². The van der Waals surface area contributed by atoms with Crippen molar-refractivity contribution in [2.24, 2.45) is 0 Å². The fraction of sp³-hybridized carbons (Fsp3) is 0.650. The van der Waals surface area contributed by atoms with Crippen molar-refractivity contribution < 1.29 is 9.47 Å². The van der Waals surface area contributed by atoms with E-state index in [2.05, 4.69) is 34.6 Å². The number of thiophene rings is 1. The van der Waals surface area contributed by atoms with Crippen LogP contribution < -0.4 is 5.32 Å². The molecule has 0 aromatic carbocycles. The highest BCUT2D eigenvalue weighted by Gasteiger charge is 2.46. The Labute approximate surface area is 168 Å². The number of nitrogens with one attached hydrogen (secondary N) is 2. The first-order valence-electron chi connectivity index (χ1n) is 9.94. The van der Waals surface area contributed by atoms with Crippen molar-refractivity contribution in [3.8, 4) is 0 Å². The van der Waals surface area contributed by atoms with Crippen molar-refractivity contribution in [3.63, 3.8) is 0 Å². The SMILES string of the molecule is C[C@H]1C[C@@]2(C[C@@H](c3cc(C4CCOCC4)[nH]n3)N1)OCCc1cc(Cl)sc12. The van der Waals surface area contributed by atoms with E-state index in [-0.39, 0.29) is 11.6 Å². The molecule has 2 saturated heterocycles. The Hall–Kier alpha value is -0.920. The van der Waals surface area contributed by atoms with Crippen molar-refractivity contribution >= 4 is 22.9 Å². The minimum atomic E-state index is -0.238. The van der Waals surface area contributed by atoms with Gasteiger partial charge in [-0.15, -0.1) is 11.3 Å². The molecule has 2 fully saturated rings. The van der Waals surface area contributed by atoms with Crippen LogP contribution in [0.4, 0.5) is 0 Å². The zero-order valence-electron chi connectivity index (χ0n) is 15.6. The smallest absolute Gasteiger partial charge is 0.106 e. The maximum atomic E-state index is 6.45. The van der Waals surface area contributed by atoms with Crippen LogP contribution >= 0.6 is 22.9 Å². The minimum Gasteiger partial charge on any atom is -0.381 e. The highest BCUT2D eigenvalue weighted by Crippen LogP contribution is 2.50. The van der Waals surface area contributed by atoms with Crippen LogP contribution in [0.2, 0.25) is 4.34 Å². The van der Waals surface area contributed by atoms with Gasteiger partial charge in [0.05, 0.1) is 22.7 Å². The lowest BCUT2D eigenvalue weighted by molar-refractivity contribution is -0.0957. The summed E-state index contributed by atoms with van der Waals surface area (Å²) in [5.74, 6) is 0.531. The molecule has 0 aliphatic carbocycles. The zero-order valence-corrected chi connectivity index (χ0v) is 17.2. The average Bonchev–Trinajstić information content (AvgIpc) is 3.29. The Kier molecular flexibility index (Phi) is 4.81. The van der Waals surface area contributed by atoms with Gasteiger partial charge in [0.15, 0.2) is 0 Å². The Morgan fingerprint density at radius 3 is 2.93 bits per heavy atom. The molecule has 0 unspecified atom stereocenters. The number of aromatic amines is 1. The van der Waals surface area contributed by atoms with Crippen LogP contribution in [0.1, 0.15) is 66.4 Å². The van der Waals surface area contributed by atoms with Gasteiger partial charge in [-0.1, -0.05) is 11.6 Å². The van der Waals surface area contributed by atoms with E-state index >= 15 is 0 Å². The second kappa shape index (κ2) is 7.16. The lowest BCUT2D eigenvalue weighted by Gasteiger charge is -2.45. The molecule has 5 rings (SSSR count). The third-order valence-electron chi connectivity index (χ3n) is 6.23. The van der Waals surface area contributed by atoms with Crippen LogP contribution in [0, 0.1) is 0 Å². The Balaban J connectivity index is 1.42. The number of piperidine rings is 1. The van der Waals surface area contributed by atoms with Crippen molar-refractivity contribution in [3.05, 3.63) is 38.3 Å². The molecule has 1 spiro atoms. The standard InChI is InChI=1S/C20H26ClN3O2S/c1-12-10-20(19-14(4-7-26-20)8-18(21)27-19)11-17(22-12)16-9-15(23-24-16)13-2-5-25-6-3-13/h8-9,12-13,17,22H,2-7,10-11H2,1H3,(H,23,24)/t12-,17-,20-/m0/s1. The molecule has 0 radical (unpaired) electrons. The second-order valence-electron chi connectivity index (χ2n) is 8.16. The number of nitrogens with zero attached hydrogens (tertiary/aromatic N) is 1. The first-order valence-corrected chi connectivity index (χ1v) is 11.1. The molecule has 2 N–H and O–H groups in total. The van der Waals surface area contributed by atoms with Gasteiger partial charge >= 0.3 is 0 Å². The van der Waals surface area contributed by atoms with Gasteiger partial charge in [-0.2, -0.15) is 5.10 Å². The van der Waals surface area contributed by atoms with Crippen molar-refractivity contribution in [2.45, 2.75) is 62.6 Å². The number of aromatic nitrogens is 2. The molecule has 7 heteroatoms. The molecule has 2 aromatic heterocycles. The normalized spacial score (nSPS) is 31.9. The third kappa shape index (κ3) is 3.36. The van der Waals surface area contributed by atoms with E-state index in [0.717, 1.165) is 62.0 Å². The van der Waals surface area contributed by atoms with Crippen LogP contribution in [0.15, 0.2) is 12.1 Å². The number of hydrogen-bond acceptors (Lipinski definition) is 5. The van der Waals surface area contributed by atoms with Gasteiger partial charge in [0, 0.05) is 42.2 Å². The summed E-state index contributed by atoms with van der Waals surface area (Å²) in [6, 6.07) is 4.93. The van der Waals surface area contributed by atoms with Gasteiger partial charge < -0.3 is 14.8 Å². The van der Waals surface area contributed by atoms with E-state index in [9.17, 15) is 0 Å². The van der Waals surface area contributed by atoms with E-state index < -0.39 is 0 Å². The molecular weight excluding hydrogens is 382 g/mol. The topological polar surface area (TPSA) is 59.2 Å². The summed E-state index contributed by atoms with van der Waals surface area (Å²) in [7, 11) is 0.